The van der Waals surface area contributed by atoms with Crippen LogP contribution in [0.5, 0.6) is 0 Å². The summed E-state index contributed by atoms with van der Waals surface area (Å²) in [7, 11) is 1.74. The van der Waals surface area contributed by atoms with Crippen molar-refractivity contribution in [3.63, 3.8) is 0 Å². The highest BCUT2D eigenvalue weighted by molar-refractivity contribution is 7.98. The number of nitrogens with zero attached hydrogens (tertiary/aromatic N) is 4. The SMILES string of the molecule is Cc1ccc(-c2noc(CSc3nc4cc(-c5ccccc5)sc4c(=O)n3C)n2)cc1C. The maximum absolute atomic E-state index is 12.9. The second kappa shape index (κ2) is 8.37. The number of aromatic nitrogens is 4. The van der Waals surface area contributed by atoms with E-state index in [1.807, 2.05) is 42.5 Å². The lowest BCUT2D eigenvalue weighted by Gasteiger charge is -2.05. The minimum Gasteiger partial charge on any atom is -0.338 e. The molecule has 5 rings (SSSR count). The molecule has 160 valence electrons. The molecule has 0 aliphatic rings. The van der Waals surface area contributed by atoms with E-state index >= 15 is 0 Å². The van der Waals surface area contributed by atoms with Crippen molar-refractivity contribution >= 4 is 33.3 Å². The van der Waals surface area contributed by atoms with Gasteiger partial charge in [-0.25, -0.2) is 4.98 Å². The molecule has 0 N–H and O–H groups in total. The first-order chi connectivity index (χ1) is 15.5. The van der Waals surface area contributed by atoms with E-state index in [2.05, 4.69) is 36.1 Å². The zero-order valence-electron chi connectivity index (χ0n) is 17.8. The van der Waals surface area contributed by atoms with E-state index in [0.717, 1.165) is 16.0 Å². The molecule has 0 fully saturated rings. The van der Waals surface area contributed by atoms with Crippen molar-refractivity contribution in [2.45, 2.75) is 24.8 Å². The van der Waals surface area contributed by atoms with Gasteiger partial charge in [-0.3, -0.25) is 9.36 Å². The molecule has 0 atom stereocenters. The van der Waals surface area contributed by atoms with Gasteiger partial charge in [0, 0.05) is 17.5 Å². The fraction of sp³-hybridized carbons (Fsp3) is 0.167. The zero-order valence-corrected chi connectivity index (χ0v) is 19.5. The predicted molar refractivity (Wildman–Crippen MR) is 129 cm³/mol. The standard InChI is InChI=1S/C24H20N4O2S2/c1-14-9-10-17(11-15(14)2)22-26-20(30-27-22)13-31-24-25-18-12-19(16-7-5-4-6-8-16)32-21(18)23(29)28(24)3/h4-12H,13H2,1-3H3. The third-order valence-corrected chi connectivity index (χ3v) is 7.51. The maximum atomic E-state index is 12.9. The summed E-state index contributed by atoms with van der Waals surface area (Å²) in [5.41, 5.74) is 5.07. The minimum absolute atomic E-state index is 0.0500. The molecule has 3 heterocycles. The summed E-state index contributed by atoms with van der Waals surface area (Å²) in [6.45, 7) is 4.13. The molecular formula is C24H20N4O2S2. The van der Waals surface area contributed by atoms with Crippen LogP contribution < -0.4 is 5.56 Å². The van der Waals surface area contributed by atoms with Crippen molar-refractivity contribution in [3.8, 4) is 21.8 Å². The Hall–Kier alpha value is -3.23. The van der Waals surface area contributed by atoms with Gasteiger partial charge in [-0.2, -0.15) is 4.98 Å². The van der Waals surface area contributed by atoms with Gasteiger partial charge >= 0.3 is 0 Å². The van der Waals surface area contributed by atoms with Crippen LogP contribution in [0.15, 0.2) is 69.1 Å². The number of hydrogen-bond donors (Lipinski definition) is 0. The van der Waals surface area contributed by atoms with Crippen molar-refractivity contribution < 1.29 is 4.52 Å². The molecule has 3 aromatic heterocycles. The summed E-state index contributed by atoms with van der Waals surface area (Å²) in [5, 5.41) is 4.73. The van der Waals surface area contributed by atoms with Crippen LogP contribution in [0.3, 0.4) is 0 Å². The third-order valence-electron chi connectivity index (χ3n) is 5.33. The molecule has 0 unspecified atom stereocenters. The summed E-state index contributed by atoms with van der Waals surface area (Å²) in [6, 6.07) is 18.1. The molecule has 5 aromatic rings. The van der Waals surface area contributed by atoms with E-state index in [1.54, 1.807) is 11.6 Å². The lowest BCUT2D eigenvalue weighted by atomic mass is 10.1. The van der Waals surface area contributed by atoms with Crippen molar-refractivity contribution in [3.05, 3.63) is 82.0 Å². The number of benzene rings is 2. The van der Waals surface area contributed by atoms with Crippen LogP contribution in [-0.2, 0) is 12.8 Å². The third kappa shape index (κ3) is 3.87. The van der Waals surface area contributed by atoms with Crippen LogP contribution in [0.4, 0.5) is 0 Å². The van der Waals surface area contributed by atoms with Gasteiger partial charge in [-0.15, -0.1) is 11.3 Å². The van der Waals surface area contributed by atoms with Gasteiger partial charge in [-0.05, 0) is 42.7 Å². The van der Waals surface area contributed by atoms with E-state index in [9.17, 15) is 4.79 Å². The maximum Gasteiger partial charge on any atom is 0.271 e. The predicted octanol–water partition coefficient (Wildman–Crippen LogP) is 5.62. The topological polar surface area (TPSA) is 73.8 Å². The largest absolute Gasteiger partial charge is 0.338 e. The average Bonchev–Trinajstić information content (AvgIpc) is 3.45. The molecule has 8 heteroatoms. The quantitative estimate of drug-likeness (QED) is 0.250. The number of thioether (sulfide) groups is 1. The highest BCUT2D eigenvalue weighted by Gasteiger charge is 2.15. The summed E-state index contributed by atoms with van der Waals surface area (Å²) < 4.78 is 7.68. The summed E-state index contributed by atoms with van der Waals surface area (Å²) in [6.07, 6.45) is 0. The second-order valence-electron chi connectivity index (χ2n) is 7.55. The minimum atomic E-state index is -0.0500. The van der Waals surface area contributed by atoms with E-state index in [1.165, 1.54) is 34.2 Å². The fourth-order valence-electron chi connectivity index (χ4n) is 3.35. The molecular weight excluding hydrogens is 440 g/mol. The van der Waals surface area contributed by atoms with Gasteiger partial charge in [-0.1, -0.05) is 59.4 Å². The lowest BCUT2D eigenvalue weighted by Crippen LogP contribution is -2.18. The Labute approximate surface area is 193 Å². The van der Waals surface area contributed by atoms with Crippen molar-refractivity contribution in [1.29, 1.82) is 0 Å². The van der Waals surface area contributed by atoms with Crippen LogP contribution in [0.2, 0.25) is 0 Å². The van der Waals surface area contributed by atoms with Crippen LogP contribution in [0.1, 0.15) is 17.0 Å². The Morgan fingerprint density at radius 3 is 2.59 bits per heavy atom. The Morgan fingerprint density at radius 1 is 1.00 bits per heavy atom. The summed E-state index contributed by atoms with van der Waals surface area (Å²) >= 11 is 2.88. The molecule has 0 aliphatic heterocycles. The van der Waals surface area contributed by atoms with E-state index in [4.69, 9.17) is 9.51 Å². The van der Waals surface area contributed by atoms with Gasteiger partial charge in [0.15, 0.2) is 5.16 Å². The molecule has 0 aliphatic carbocycles. The summed E-state index contributed by atoms with van der Waals surface area (Å²) in [5.74, 6) is 1.48. The number of aryl methyl sites for hydroxylation is 2. The molecule has 0 radical (unpaired) electrons. The van der Waals surface area contributed by atoms with Crippen molar-refractivity contribution in [2.75, 3.05) is 0 Å². The fourth-order valence-corrected chi connectivity index (χ4v) is 5.23. The smallest absolute Gasteiger partial charge is 0.271 e. The number of thiophene rings is 1. The highest BCUT2D eigenvalue weighted by Crippen LogP contribution is 2.32. The lowest BCUT2D eigenvalue weighted by molar-refractivity contribution is 0.391. The van der Waals surface area contributed by atoms with Crippen molar-refractivity contribution in [2.24, 2.45) is 7.05 Å². The van der Waals surface area contributed by atoms with E-state index in [-0.39, 0.29) is 5.56 Å². The number of rotatable bonds is 5. The molecule has 0 amide bonds. The van der Waals surface area contributed by atoms with Gasteiger partial charge in [0.05, 0.1) is 11.3 Å². The highest BCUT2D eigenvalue weighted by atomic mass is 32.2. The van der Waals surface area contributed by atoms with Gasteiger partial charge < -0.3 is 4.52 Å². The van der Waals surface area contributed by atoms with Crippen LogP contribution in [0, 0.1) is 13.8 Å². The Bertz CT molecular complexity index is 1490. The summed E-state index contributed by atoms with van der Waals surface area (Å²) in [4.78, 5) is 23.2. The second-order valence-corrected chi connectivity index (χ2v) is 9.54. The Kier molecular flexibility index (Phi) is 5.40. The molecule has 32 heavy (non-hydrogen) atoms. The molecule has 2 aromatic carbocycles. The van der Waals surface area contributed by atoms with Crippen LogP contribution in [0.25, 0.3) is 32.0 Å². The first kappa shape index (κ1) is 20.7. The number of hydrogen-bond acceptors (Lipinski definition) is 7. The molecule has 0 saturated heterocycles. The zero-order chi connectivity index (χ0) is 22.2. The Balaban J connectivity index is 1.40. The van der Waals surface area contributed by atoms with Gasteiger partial charge in [0.25, 0.3) is 5.56 Å². The van der Waals surface area contributed by atoms with E-state index in [0.29, 0.717) is 32.8 Å². The van der Waals surface area contributed by atoms with Gasteiger partial charge in [0.2, 0.25) is 11.7 Å². The van der Waals surface area contributed by atoms with Crippen LogP contribution in [-0.4, -0.2) is 19.7 Å². The molecule has 0 bridgehead atoms. The van der Waals surface area contributed by atoms with Crippen molar-refractivity contribution in [1.82, 2.24) is 19.7 Å². The molecule has 6 nitrogen and oxygen atoms in total. The normalized spacial score (nSPS) is 11.3. The first-order valence-corrected chi connectivity index (χ1v) is 11.9. The molecule has 0 saturated carbocycles. The monoisotopic (exact) mass is 460 g/mol. The average molecular weight is 461 g/mol. The van der Waals surface area contributed by atoms with Crippen LogP contribution >= 0.6 is 23.1 Å². The number of fused-ring (bicyclic) bond motifs is 1. The van der Waals surface area contributed by atoms with Gasteiger partial charge in [0.1, 0.15) is 4.70 Å². The molecule has 0 spiro atoms. The Morgan fingerprint density at radius 2 is 1.81 bits per heavy atom. The van der Waals surface area contributed by atoms with E-state index < -0.39 is 0 Å². The first-order valence-electron chi connectivity index (χ1n) is 10.1.